The van der Waals surface area contributed by atoms with Crippen molar-refractivity contribution < 1.29 is 9.94 Å². The third-order valence-electron chi connectivity index (χ3n) is 2.61. The van der Waals surface area contributed by atoms with E-state index in [1.54, 1.807) is 25.2 Å². The molecule has 1 heterocycles. The van der Waals surface area contributed by atoms with Crippen molar-refractivity contribution in [3.05, 3.63) is 34.2 Å². The molecule has 0 fully saturated rings. The van der Waals surface area contributed by atoms with Gasteiger partial charge in [-0.05, 0) is 30.0 Å². The highest BCUT2D eigenvalue weighted by Crippen LogP contribution is 2.31. The quantitative estimate of drug-likeness (QED) is 0.324. The van der Waals surface area contributed by atoms with E-state index in [9.17, 15) is 4.79 Å². The number of benzene rings is 1. The van der Waals surface area contributed by atoms with Crippen LogP contribution in [0.2, 0.25) is 0 Å². The Balaban J connectivity index is 2.48. The van der Waals surface area contributed by atoms with Gasteiger partial charge < -0.3 is 15.7 Å². The molecular formula is C11H13N5O3S. The van der Waals surface area contributed by atoms with Gasteiger partial charge in [-0.15, -0.1) is 5.10 Å². The minimum atomic E-state index is -0.319. The minimum Gasteiger partial charge on any atom is -0.497 e. The lowest BCUT2D eigenvalue weighted by molar-refractivity contribution is 0.318. The number of nitrogens with zero attached hydrogens (tertiary/aromatic N) is 3. The van der Waals surface area contributed by atoms with Crippen LogP contribution in [0, 0.1) is 0 Å². The molecule has 0 aliphatic rings. The van der Waals surface area contributed by atoms with Crippen LogP contribution in [0.25, 0.3) is 0 Å². The molecule has 0 bridgehead atoms. The Morgan fingerprint density at radius 3 is 2.90 bits per heavy atom. The first-order chi connectivity index (χ1) is 9.56. The summed E-state index contributed by atoms with van der Waals surface area (Å²) in [4.78, 5) is 12.0. The SMILES string of the molecule is COc1ccc(/C(N)=N/O)c(Sc2n[nH]c(=O)n2C)c1. The van der Waals surface area contributed by atoms with Gasteiger partial charge in [0.05, 0.1) is 7.11 Å². The lowest BCUT2D eigenvalue weighted by Crippen LogP contribution is -2.15. The number of oxime groups is 1. The zero-order chi connectivity index (χ0) is 14.7. The summed E-state index contributed by atoms with van der Waals surface area (Å²) in [5.41, 5.74) is 5.84. The van der Waals surface area contributed by atoms with Crippen molar-refractivity contribution >= 4 is 17.6 Å². The molecule has 0 spiro atoms. The second kappa shape index (κ2) is 5.70. The van der Waals surface area contributed by atoms with Crippen molar-refractivity contribution in [2.75, 3.05) is 7.11 Å². The molecule has 9 heteroatoms. The van der Waals surface area contributed by atoms with E-state index in [1.807, 2.05) is 0 Å². The molecule has 8 nitrogen and oxygen atoms in total. The van der Waals surface area contributed by atoms with Crippen molar-refractivity contribution in [2.45, 2.75) is 10.1 Å². The Bertz CT molecular complexity index is 706. The average Bonchev–Trinajstić information content (AvgIpc) is 2.78. The smallest absolute Gasteiger partial charge is 0.343 e. The molecule has 0 saturated heterocycles. The van der Waals surface area contributed by atoms with Crippen LogP contribution in [0.4, 0.5) is 0 Å². The predicted octanol–water partition coefficient (Wildman–Crippen LogP) is 0.363. The number of aromatic nitrogens is 3. The van der Waals surface area contributed by atoms with E-state index in [2.05, 4.69) is 15.4 Å². The maximum absolute atomic E-state index is 11.3. The van der Waals surface area contributed by atoms with E-state index < -0.39 is 0 Å². The van der Waals surface area contributed by atoms with Crippen LogP contribution < -0.4 is 16.2 Å². The Kier molecular flexibility index (Phi) is 3.99. The van der Waals surface area contributed by atoms with E-state index in [4.69, 9.17) is 15.7 Å². The zero-order valence-corrected chi connectivity index (χ0v) is 11.6. The van der Waals surface area contributed by atoms with Crippen molar-refractivity contribution in [2.24, 2.45) is 17.9 Å². The Morgan fingerprint density at radius 2 is 2.35 bits per heavy atom. The highest BCUT2D eigenvalue weighted by Gasteiger charge is 2.13. The Hall–Kier alpha value is -2.42. The number of rotatable bonds is 4. The second-order valence-corrected chi connectivity index (χ2v) is 4.83. The largest absolute Gasteiger partial charge is 0.497 e. The Labute approximate surface area is 118 Å². The summed E-state index contributed by atoms with van der Waals surface area (Å²) in [7, 11) is 3.13. The molecule has 2 aromatic rings. The van der Waals surface area contributed by atoms with Gasteiger partial charge in [0.1, 0.15) is 5.75 Å². The van der Waals surface area contributed by atoms with E-state index >= 15 is 0 Å². The molecule has 0 aliphatic carbocycles. The standard InChI is InChI=1S/C11H13N5O3S/c1-16-10(17)13-14-11(16)20-8-5-6(19-2)3-4-7(8)9(12)15-18/h3-5,18H,1-2H3,(H2,12,15)(H,13,17). The molecular weight excluding hydrogens is 282 g/mol. The first-order valence-electron chi connectivity index (χ1n) is 5.52. The fourth-order valence-corrected chi connectivity index (χ4v) is 2.47. The monoisotopic (exact) mass is 295 g/mol. The van der Waals surface area contributed by atoms with Crippen LogP contribution in [0.15, 0.2) is 38.2 Å². The van der Waals surface area contributed by atoms with E-state index in [0.29, 0.717) is 21.4 Å². The normalized spacial score (nSPS) is 11.6. The van der Waals surface area contributed by atoms with Crippen molar-refractivity contribution in [1.29, 1.82) is 0 Å². The van der Waals surface area contributed by atoms with Gasteiger partial charge in [-0.1, -0.05) is 5.16 Å². The maximum Gasteiger partial charge on any atom is 0.343 e. The maximum atomic E-state index is 11.3. The van der Waals surface area contributed by atoms with Gasteiger partial charge in [0.15, 0.2) is 11.0 Å². The molecule has 0 radical (unpaired) electrons. The topological polar surface area (TPSA) is 119 Å². The number of amidine groups is 1. The van der Waals surface area contributed by atoms with Gasteiger partial charge in [-0.25, -0.2) is 9.89 Å². The van der Waals surface area contributed by atoms with Gasteiger partial charge >= 0.3 is 5.69 Å². The van der Waals surface area contributed by atoms with E-state index in [0.717, 1.165) is 0 Å². The second-order valence-electron chi connectivity index (χ2n) is 3.82. The van der Waals surface area contributed by atoms with Crippen molar-refractivity contribution in [1.82, 2.24) is 14.8 Å². The third kappa shape index (κ3) is 2.62. The fraction of sp³-hybridized carbons (Fsp3) is 0.182. The minimum absolute atomic E-state index is 0.0318. The molecule has 1 aromatic carbocycles. The number of H-pyrrole nitrogens is 1. The van der Waals surface area contributed by atoms with Gasteiger partial charge in [-0.3, -0.25) is 4.57 Å². The molecule has 0 saturated carbocycles. The van der Waals surface area contributed by atoms with Crippen LogP contribution >= 0.6 is 11.8 Å². The summed E-state index contributed by atoms with van der Waals surface area (Å²) in [6.07, 6.45) is 0. The molecule has 2 rings (SSSR count). The number of methoxy groups -OCH3 is 1. The van der Waals surface area contributed by atoms with Gasteiger partial charge in [0.2, 0.25) is 0 Å². The predicted molar refractivity (Wildman–Crippen MR) is 73.5 cm³/mol. The van der Waals surface area contributed by atoms with Gasteiger partial charge in [0.25, 0.3) is 0 Å². The summed E-state index contributed by atoms with van der Waals surface area (Å²) in [5, 5.41) is 18.5. The number of hydrogen-bond acceptors (Lipinski definition) is 6. The van der Waals surface area contributed by atoms with Crippen LogP contribution in [0.5, 0.6) is 5.75 Å². The van der Waals surface area contributed by atoms with Crippen molar-refractivity contribution in [3.63, 3.8) is 0 Å². The van der Waals surface area contributed by atoms with Crippen LogP contribution in [-0.4, -0.2) is 32.9 Å². The number of aromatic amines is 1. The average molecular weight is 295 g/mol. The molecule has 20 heavy (non-hydrogen) atoms. The first kappa shape index (κ1) is 14.0. The number of nitrogens with one attached hydrogen (secondary N) is 1. The molecule has 4 N–H and O–H groups in total. The zero-order valence-electron chi connectivity index (χ0n) is 10.8. The summed E-state index contributed by atoms with van der Waals surface area (Å²) in [5.74, 6) is 0.582. The number of hydrogen-bond donors (Lipinski definition) is 3. The summed E-state index contributed by atoms with van der Waals surface area (Å²) in [6.45, 7) is 0. The summed E-state index contributed by atoms with van der Waals surface area (Å²) in [6, 6.07) is 5.08. The molecule has 0 amide bonds. The van der Waals surface area contributed by atoms with E-state index in [-0.39, 0.29) is 11.5 Å². The lowest BCUT2D eigenvalue weighted by atomic mass is 10.2. The third-order valence-corrected chi connectivity index (χ3v) is 3.72. The number of ether oxygens (including phenoxy) is 1. The molecule has 106 valence electrons. The molecule has 0 atom stereocenters. The highest BCUT2D eigenvalue weighted by molar-refractivity contribution is 7.99. The van der Waals surface area contributed by atoms with Crippen LogP contribution in [0.3, 0.4) is 0 Å². The lowest BCUT2D eigenvalue weighted by Gasteiger charge is -2.09. The van der Waals surface area contributed by atoms with E-state index in [1.165, 1.54) is 23.4 Å². The fourth-order valence-electron chi connectivity index (χ4n) is 1.50. The summed E-state index contributed by atoms with van der Waals surface area (Å²) < 4.78 is 6.50. The first-order valence-corrected chi connectivity index (χ1v) is 6.33. The summed E-state index contributed by atoms with van der Waals surface area (Å²) >= 11 is 1.20. The highest BCUT2D eigenvalue weighted by atomic mass is 32.2. The number of nitrogens with two attached hydrogens (primary N) is 1. The van der Waals surface area contributed by atoms with Gasteiger partial charge in [-0.2, -0.15) is 0 Å². The van der Waals surface area contributed by atoms with Gasteiger partial charge in [0, 0.05) is 17.5 Å². The molecule has 0 unspecified atom stereocenters. The Morgan fingerprint density at radius 1 is 1.60 bits per heavy atom. The van der Waals surface area contributed by atoms with Crippen molar-refractivity contribution in [3.8, 4) is 5.75 Å². The van der Waals surface area contributed by atoms with Crippen LogP contribution in [0.1, 0.15) is 5.56 Å². The van der Waals surface area contributed by atoms with Crippen LogP contribution in [-0.2, 0) is 7.05 Å². The molecule has 0 aliphatic heterocycles. The molecule has 1 aromatic heterocycles.